The van der Waals surface area contributed by atoms with Gasteiger partial charge >= 0.3 is 0 Å². The molecule has 96 valence electrons. The molecule has 0 saturated heterocycles. The summed E-state index contributed by atoms with van der Waals surface area (Å²) in [5.41, 5.74) is 0.182. The van der Waals surface area contributed by atoms with Crippen molar-refractivity contribution in [1.29, 1.82) is 0 Å². The maximum absolute atomic E-state index is 13.8. The molecule has 1 aromatic carbocycles. The lowest BCUT2D eigenvalue weighted by Crippen LogP contribution is -2.12. The second kappa shape index (κ2) is 5.14. The normalized spacial score (nSPS) is 12.4. The van der Waals surface area contributed by atoms with Crippen LogP contribution in [0, 0.1) is 5.82 Å². The van der Waals surface area contributed by atoms with Crippen LogP contribution in [0.3, 0.4) is 0 Å². The van der Waals surface area contributed by atoms with Gasteiger partial charge in [0.15, 0.2) is 0 Å². The van der Waals surface area contributed by atoms with E-state index >= 15 is 0 Å². The Labute approximate surface area is 104 Å². The molecule has 0 saturated carbocycles. The summed E-state index contributed by atoms with van der Waals surface area (Å²) < 4.78 is 24.3. The Kier molecular flexibility index (Phi) is 3.57. The van der Waals surface area contributed by atoms with Crippen LogP contribution in [0.25, 0.3) is 11.5 Å². The number of nitrogens with zero attached hydrogens (tertiary/aromatic N) is 2. The second-order valence-corrected chi connectivity index (χ2v) is 3.77. The van der Waals surface area contributed by atoms with Crippen molar-refractivity contribution in [3.05, 3.63) is 29.9 Å². The van der Waals surface area contributed by atoms with Gasteiger partial charge in [-0.2, -0.15) is 0 Å². The number of methoxy groups -OCH3 is 1. The Balaban J connectivity index is 2.46. The number of hydrogen-bond acceptors (Lipinski definition) is 5. The maximum Gasteiger partial charge on any atom is 0.254 e. The van der Waals surface area contributed by atoms with Crippen molar-refractivity contribution in [2.24, 2.45) is 0 Å². The quantitative estimate of drug-likeness (QED) is 0.902. The zero-order chi connectivity index (χ0) is 13.1. The molecule has 1 atom stereocenters. The van der Waals surface area contributed by atoms with E-state index in [2.05, 4.69) is 15.5 Å². The minimum atomic E-state index is -0.457. The summed E-state index contributed by atoms with van der Waals surface area (Å²) in [6, 6.07) is 4.43. The summed E-state index contributed by atoms with van der Waals surface area (Å²) in [7, 11) is 3.24. The molecule has 2 aromatic rings. The number of aromatic nitrogens is 2. The molecule has 0 spiro atoms. The predicted molar refractivity (Wildman–Crippen MR) is 63.7 cm³/mol. The van der Waals surface area contributed by atoms with Gasteiger partial charge in [0.05, 0.1) is 13.2 Å². The highest BCUT2D eigenvalue weighted by molar-refractivity contribution is 5.63. The minimum Gasteiger partial charge on any atom is -0.496 e. The number of rotatable bonds is 4. The van der Waals surface area contributed by atoms with E-state index in [0.717, 1.165) is 0 Å². The average Bonchev–Trinajstić information content (AvgIpc) is 2.86. The van der Waals surface area contributed by atoms with Crippen LogP contribution < -0.4 is 10.1 Å². The van der Waals surface area contributed by atoms with Crippen LogP contribution in [0.15, 0.2) is 22.6 Å². The van der Waals surface area contributed by atoms with Crippen LogP contribution in [0.1, 0.15) is 18.9 Å². The molecule has 0 fully saturated rings. The standard InChI is InChI=1S/C12H14FN3O2/c1-7(14-2)11-15-16-12(18-11)10-8(13)5-4-6-9(10)17-3/h4-7,14H,1-3H3. The van der Waals surface area contributed by atoms with Crippen LogP contribution in [0.4, 0.5) is 4.39 Å². The number of benzene rings is 1. The van der Waals surface area contributed by atoms with E-state index in [1.54, 1.807) is 19.2 Å². The smallest absolute Gasteiger partial charge is 0.254 e. The molecule has 1 unspecified atom stereocenters. The first-order valence-electron chi connectivity index (χ1n) is 5.51. The van der Waals surface area contributed by atoms with Gasteiger partial charge in [-0.3, -0.25) is 0 Å². The Morgan fingerprint density at radius 2 is 2.17 bits per heavy atom. The Hall–Kier alpha value is -1.95. The monoisotopic (exact) mass is 251 g/mol. The second-order valence-electron chi connectivity index (χ2n) is 3.77. The van der Waals surface area contributed by atoms with Crippen LogP contribution in [-0.4, -0.2) is 24.4 Å². The first kappa shape index (κ1) is 12.5. The molecule has 0 bridgehead atoms. The molecule has 0 radical (unpaired) electrons. The molecule has 2 rings (SSSR count). The van der Waals surface area contributed by atoms with Gasteiger partial charge in [-0.15, -0.1) is 10.2 Å². The molecule has 5 nitrogen and oxygen atoms in total. The summed E-state index contributed by atoms with van der Waals surface area (Å²) in [6.07, 6.45) is 0. The lowest BCUT2D eigenvalue weighted by atomic mass is 10.2. The molecule has 0 aliphatic carbocycles. The Morgan fingerprint density at radius 1 is 1.39 bits per heavy atom. The molecule has 1 N–H and O–H groups in total. The van der Waals surface area contributed by atoms with Crippen LogP contribution in [0.2, 0.25) is 0 Å². The third-order valence-electron chi connectivity index (χ3n) is 2.65. The molecular weight excluding hydrogens is 237 g/mol. The van der Waals surface area contributed by atoms with E-state index in [-0.39, 0.29) is 17.5 Å². The predicted octanol–water partition coefficient (Wildman–Crippen LogP) is 2.16. The zero-order valence-electron chi connectivity index (χ0n) is 10.4. The first-order chi connectivity index (χ1) is 8.67. The summed E-state index contributed by atoms with van der Waals surface area (Å²) in [5, 5.41) is 10.7. The third-order valence-corrected chi connectivity index (χ3v) is 2.65. The van der Waals surface area contributed by atoms with Crippen molar-refractivity contribution in [2.45, 2.75) is 13.0 Å². The highest BCUT2D eigenvalue weighted by Crippen LogP contribution is 2.32. The number of hydrogen-bond donors (Lipinski definition) is 1. The van der Waals surface area contributed by atoms with Crippen molar-refractivity contribution < 1.29 is 13.5 Å². The van der Waals surface area contributed by atoms with E-state index in [4.69, 9.17) is 9.15 Å². The van der Waals surface area contributed by atoms with Gasteiger partial charge in [-0.1, -0.05) is 6.07 Å². The molecule has 1 heterocycles. The first-order valence-corrected chi connectivity index (χ1v) is 5.51. The van der Waals surface area contributed by atoms with Crippen molar-refractivity contribution >= 4 is 0 Å². The van der Waals surface area contributed by atoms with E-state index in [9.17, 15) is 4.39 Å². The van der Waals surface area contributed by atoms with E-state index < -0.39 is 5.82 Å². The number of nitrogens with one attached hydrogen (secondary N) is 1. The van der Waals surface area contributed by atoms with Crippen LogP contribution in [-0.2, 0) is 0 Å². The fraction of sp³-hybridized carbons (Fsp3) is 0.333. The SMILES string of the molecule is CNC(C)c1nnc(-c2c(F)cccc2OC)o1. The number of ether oxygens (including phenoxy) is 1. The zero-order valence-corrected chi connectivity index (χ0v) is 10.4. The highest BCUT2D eigenvalue weighted by Gasteiger charge is 2.19. The summed E-state index contributed by atoms with van der Waals surface area (Å²) in [4.78, 5) is 0. The average molecular weight is 251 g/mol. The minimum absolute atomic E-state index is 0.0935. The van der Waals surface area contributed by atoms with E-state index in [0.29, 0.717) is 11.6 Å². The van der Waals surface area contributed by atoms with Gasteiger partial charge in [0.2, 0.25) is 5.89 Å². The Morgan fingerprint density at radius 3 is 2.83 bits per heavy atom. The van der Waals surface area contributed by atoms with Gasteiger partial charge in [0, 0.05) is 0 Å². The van der Waals surface area contributed by atoms with Crippen molar-refractivity contribution in [1.82, 2.24) is 15.5 Å². The summed E-state index contributed by atoms with van der Waals surface area (Å²) >= 11 is 0. The van der Waals surface area contributed by atoms with E-state index in [1.807, 2.05) is 6.92 Å². The Bertz CT molecular complexity index is 542. The molecule has 0 aliphatic rings. The molecule has 0 aliphatic heterocycles. The van der Waals surface area contributed by atoms with Gasteiger partial charge in [-0.05, 0) is 26.1 Å². The molecule has 6 heteroatoms. The number of halogens is 1. The van der Waals surface area contributed by atoms with Gasteiger partial charge in [0.25, 0.3) is 5.89 Å². The maximum atomic E-state index is 13.8. The lowest BCUT2D eigenvalue weighted by molar-refractivity contribution is 0.406. The molecule has 1 aromatic heterocycles. The topological polar surface area (TPSA) is 60.2 Å². The van der Waals surface area contributed by atoms with Gasteiger partial charge < -0.3 is 14.5 Å². The molecule has 18 heavy (non-hydrogen) atoms. The van der Waals surface area contributed by atoms with E-state index in [1.165, 1.54) is 13.2 Å². The van der Waals surface area contributed by atoms with Crippen molar-refractivity contribution in [2.75, 3.05) is 14.2 Å². The fourth-order valence-corrected chi connectivity index (χ4v) is 1.52. The van der Waals surface area contributed by atoms with Gasteiger partial charge in [0.1, 0.15) is 17.1 Å². The lowest BCUT2D eigenvalue weighted by Gasteiger charge is -2.06. The highest BCUT2D eigenvalue weighted by atomic mass is 19.1. The summed E-state index contributed by atoms with van der Waals surface area (Å²) in [5.74, 6) is 0.420. The van der Waals surface area contributed by atoms with Gasteiger partial charge in [-0.25, -0.2) is 4.39 Å². The van der Waals surface area contributed by atoms with Crippen molar-refractivity contribution in [3.8, 4) is 17.2 Å². The van der Waals surface area contributed by atoms with Crippen LogP contribution in [0.5, 0.6) is 5.75 Å². The van der Waals surface area contributed by atoms with Crippen LogP contribution >= 0.6 is 0 Å². The molecule has 0 amide bonds. The largest absolute Gasteiger partial charge is 0.496 e. The third kappa shape index (κ3) is 2.19. The van der Waals surface area contributed by atoms with Crippen molar-refractivity contribution in [3.63, 3.8) is 0 Å². The molecular formula is C12H14FN3O2. The fourth-order valence-electron chi connectivity index (χ4n) is 1.52. The summed E-state index contributed by atoms with van der Waals surface area (Å²) in [6.45, 7) is 1.87.